The van der Waals surface area contributed by atoms with E-state index in [-0.39, 0.29) is 5.91 Å². The molecule has 0 radical (unpaired) electrons. The Bertz CT molecular complexity index is 577. The average Bonchev–Trinajstić information content (AvgIpc) is 3.12. The van der Waals surface area contributed by atoms with Crippen LogP contribution in [0.15, 0.2) is 35.8 Å². The second kappa shape index (κ2) is 6.05. The molecule has 0 saturated heterocycles. The summed E-state index contributed by atoms with van der Waals surface area (Å²) < 4.78 is 0. The molecule has 1 heterocycles. The van der Waals surface area contributed by atoms with E-state index in [4.69, 9.17) is 0 Å². The fourth-order valence-corrected chi connectivity index (χ4v) is 3.03. The number of nitrogens with zero attached hydrogens (tertiary/aromatic N) is 1. The first-order valence-corrected chi connectivity index (χ1v) is 7.77. The third-order valence-electron chi connectivity index (χ3n) is 3.50. The molecule has 104 valence electrons. The molecule has 0 spiro atoms. The van der Waals surface area contributed by atoms with E-state index in [1.807, 2.05) is 29.6 Å². The number of nitrogens with one attached hydrogen (secondary N) is 2. The van der Waals surface area contributed by atoms with Crippen molar-refractivity contribution < 1.29 is 4.79 Å². The summed E-state index contributed by atoms with van der Waals surface area (Å²) in [5.41, 5.74) is 1.58. The van der Waals surface area contributed by atoms with E-state index in [1.54, 1.807) is 6.20 Å². The van der Waals surface area contributed by atoms with Gasteiger partial charge in [-0.25, -0.2) is 4.98 Å². The minimum Gasteiger partial charge on any atom is -0.349 e. The van der Waals surface area contributed by atoms with Crippen molar-refractivity contribution >= 4 is 28.1 Å². The molecular formula is C15H17N3OS. The van der Waals surface area contributed by atoms with Crippen molar-refractivity contribution in [2.45, 2.75) is 31.7 Å². The Morgan fingerprint density at radius 3 is 2.90 bits per heavy atom. The van der Waals surface area contributed by atoms with Gasteiger partial charge in [0.15, 0.2) is 5.13 Å². The molecule has 0 atom stereocenters. The summed E-state index contributed by atoms with van der Waals surface area (Å²) in [4.78, 5) is 16.4. The molecule has 1 aliphatic rings. The topological polar surface area (TPSA) is 54.0 Å². The van der Waals surface area contributed by atoms with Gasteiger partial charge in [0.2, 0.25) is 0 Å². The van der Waals surface area contributed by atoms with Crippen molar-refractivity contribution in [3.63, 3.8) is 0 Å². The van der Waals surface area contributed by atoms with Crippen LogP contribution >= 0.6 is 11.3 Å². The van der Waals surface area contributed by atoms with Gasteiger partial charge in [-0.2, -0.15) is 0 Å². The predicted molar refractivity (Wildman–Crippen MR) is 81.6 cm³/mol. The molecule has 1 amide bonds. The third kappa shape index (κ3) is 3.17. The van der Waals surface area contributed by atoms with E-state index in [0.29, 0.717) is 11.6 Å². The average molecular weight is 287 g/mol. The molecular weight excluding hydrogens is 270 g/mol. The zero-order valence-electron chi connectivity index (χ0n) is 11.1. The Hall–Kier alpha value is -1.88. The lowest BCUT2D eigenvalue weighted by Crippen LogP contribution is -2.32. The smallest absolute Gasteiger partial charge is 0.251 e. The molecule has 1 fully saturated rings. The first-order chi connectivity index (χ1) is 9.81. The highest BCUT2D eigenvalue weighted by molar-refractivity contribution is 7.13. The van der Waals surface area contributed by atoms with Gasteiger partial charge in [-0.3, -0.25) is 4.79 Å². The van der Waals surface area contributed by atoms with Crippen LogP contribution in [0.5, 0.6) is 0 Å². The van der Waals surface area contributed by atoms with Crippen LogP contribution in [0.4, 0.5) is 10.8 Å². The van der Waals surface area contributed by atoms with Crippen LogP contribution < -0.4 is 10.6 Å². The van der Waals surface area contributed by atoms with Gasteiger partial charge < -0.3 is 10.6 Å². The van der Waals surface area contributed by atoms with E-state index in [2.05, 4.69) is 15.6 Å². The molecule has 2 aromatic rings. The minimum absolute atomic E-state index is 0.0136. The number of rotatable bonds is 4. The number of hydrogen-bond acceptors (Lipinski definition) is 4. The third-order valence-corrected chi connectivity index (χ3v) is 4.19. The zero-order valence-corrected chi connectivity index (χ0v) is 12.0. The van der Waals surface area contributed by atoms with E-state index in [9.17, 15) is 4.79 Å². The summed E-state index contributed by atoms with van der Waals surface area (Å²) in [6.45, 7) is 0. The van der Waals surface area contributed by atoms with Gasteiger partial charge in [0.25, 0.3) is 5.91 Å². The van der Waals surface area contributed by atoms with Crippen molar-refractivity contribution in [2.24, 2.45) is 0 Å². The fraction of sp³-hybridized carbons (Fsp3) is 0.333. The number of amides is 1. The van der Waals surface area contributed by atoms with Gasteiger partial charge in [-0.1, -0.05) is 18.9 Å². The van der Waals surface area contributed by atoms with Crippen LogP contribution in [-0.4, -0.2) is 16.9 Å². The number of carbonyl (C=O) groups is 1. The lowest BCUT2D eigenvalue weighted by atomic mass is 10.1. The molecule has 20 heavy (non-hydrogen) atoms. The second-order valence-electron chi connectivity index (χ2n) is 5.00. The van der Waals surface area contributed by atoms with Crippen LogP contribution in [-0.2, 0) is 0 Å². The molecule has 4 nitrogen and oxygen atoms in total. The molecule has 0 unspecified atom stereocenters. The molecule has 1 aromatic heterocycles. The molecule has 0 aliphatic heterocycles. The normalized spacial score (nSPS) is 15.2. The summed E-state index contributed by atoms with van der Waals surface area (Å²) in [5, 5.41) is 9.05. The maximum atomic E-state index is 12.2. The van der Waals surface area contributed by atoms with Gasteiger partial charge in [-0.05, 0) is 31.0 Å². The number of aromatic nitrogens is 1. The predicted octanol–water partition coefficient (Wildman–Crippen LogP) is 3.56. The molecule has 1 aliphatic carbocycles. The molecule has 1 aromatic carbocycles. The van der Waals surface area contributed by atoms with Gasteiger partial charge in [-0.15, -0.1) is 11.3 Å². The van der Waals surface area contributed by atoms with Crippen LogP contribution in [0.3, 0.4) is 0 Å². The van der Waals surface area contributed by atoms with Crippen molar-refractivity contribution in [3.05, 3.63) is 41.4 Å². The van der Waals surface area contributed by atoms with Crippen LogP contribution in [0, 0.1) is 0 Å². The monoisotopic (exact) mass is 287 g/mol. The fourth-order valence-electron chi connectivity index (χ4n) is 2.49. The SMILES string of the molecule is O=C(NC1CCCC1)c1cccc(Nc2nccs2)c1. The number of thiazole rings is 1. The van der Waals surface area contributed by atoms with Crippen LogP contribution in [0.2, 0.25) is 0 Å². The molecule has 3 rings (SSSR count). The lowest BCUT2D eigenvalue weighted by Gasteiger charge is -2.12. The standard InChI is InChI=1S/C15H17N3OS/c19-14(17-12-5-1-2-6-12)11-4-3-7-13(10-11)18-15-16-8-9-20-15/h3-4,7-10,12H,1-2,5-6H2,(H,16,18)(H,17,19). The summed E-state index contributed by atoms with van der Waals surface area (Å²) in [6, 6.07) is 7.88. The first kappa shape index (κ1) is 13.1. The van der Waals surface area contributed by atoms with Crippen molar-refractivity contribution in [2.75, 3.05) is 5.32 Å². The number of hydrogen-bond donors (Lipinski definition) is 2. The zero-order chi connectivity index (χ0) is 13.8. The summed E-state index contributed by atoms with van der Waals surface area (Å²) in [6.07, 6.45) is 6.39. The number of carbonyl (C=O) groups excluding carboxylic acids is 1. The highest BCUT2D eigenvalue weighted by Gasteiger charge is 2.17. The summed E-state index contributed by atoms with van der Waals surface area (Å²) in [5.74, 6) is 0.0136. The number of benzene rings is 1. The second-order valence-corrected chi connectivity index (χ2v) is 5.89. The minimum atomic E-state index is 0.0136. The Labute approximate surface area is 122 Å². The van der Waals surface area contributed by atoms with E-state index < -0.39 is 0 Å². The van der Waals surface area contributed by atoms with Crippen molar-refractivity contribution in [1.82, 2.24) is 10.3 Å². The Morgan fingerprint density at radius 1 is 1.30 bits per heavy atom. The van der Waals surface area contributed by atoms with Gasteiger partial charge in [0.1, 0.15) is 0 Å². The van der Waals surface area contributed by atoms with Crippen LogP contribution in [0.25, 0.3) is 0 Å². The number of anilines is 2. The van der Waals surface area contributed by atoms with E-state index in [1.165, 1.54) is 24.2 Å². The van der Waals surface area contributed by atoms with Crippen molar-refractivity contribution in [3.8, 4) is 0 Å². The quantitative estimate of drug-likeness (QED) is 0.904. The lowest BCUT2D eigenvalue weighted by molar-refractivity contribution is 0.0938. The van der Waals surface area contributed by atoms with E-state index in [0.717, 1.165) is 23.7 Å². The van der Waals surface area contributed by atoms with Gasteiger partial charge >= 0.3 is 0 Å². The largest absolute Gasteiger partial charge is 0.349 e. The van der Waals surface area contributed by atoms with Crippen LogP contribution in [0.1, 0.15) is 36.0 Å². The van der Waals surface area contributed by atoms with Gasteiger partial charge in [0.05, 0.1) is 0 Å². The van der Waals surface area contributed by atoms with Gasteiger partial charge in [0, 0.05) is 28.9 Å². The summed E-state index contributed by atoms with van der Waals surface area (Å²) in [7, 11) is 0. The Balaban J connectivity index is 1.68. The Kier molecular flexibility index (Phi) is 3.97. The highest BCUT2D eigenvalue weighted by atomic mass is 32.1. The Morgan fingerprint density at radius 2 is 2.15 bits per heavy atom. The summed E-state index contributed by atoms with van der Waals surface area (Å²) >= 11 is 1.54. The van der Waals surface area contributed by atoms with E-state index >= 15 is 0 Å². The maximum Gasteiger partial charge on any atom is 0.251 e. The molecule has 2 N–H and O–H groups in total. The first-order valence-electron chi connectivity index (χ1n) is 6.89. The molecule has 1 saturated carbocycles. The molecule has 5 heteroatoms. The van der Waals surface area contributed by atoms with Crippen molar-refractivity contribution in [1.29, 1.82) is 0 Å². The maximum absolute atomic E-state index is 12.2. The highest BCUT2D eigenvalue weighted by Crippen LogP contribution is 2.21. The molecule has 0 bridgehead atoms.